The molecule has 2 atom stereocenters. The van der Waals surface area contributed by atoms with E-state index in [9.17, 15) is 5.11 Å². The first-order valence-electron chi connectivity index (χ1n) is 5.35. The molecule has 2 unspecified atom stereocenters. The van der Waals surface area contributed by atoms with Gasteiger partial charge in [0.2, 0.25) is 0 Å². The Morgan fingerprint density at radius 1 is 1.39 bits per heavy atom. The molecule has 1 aromatic carbocycles. The molecular formula is C12H12Cl2N2OS. The summed E-state index contributed by atoms with van der Waals surface area (Å²) < 4.78 is 0. The molecular weight excluding hydrogens is 291 g/mol. The number of nitrogens with zero attached hydrogens (tertiary/aromatic N) is 1. The minimum Gasteiger partial charge on any atom is -0.387 e. The molecule has 0 spiro atoms. The number of halogens is 2. The lowest BCUT2D eigenvalue weighted by Gasteiger charge is -2.21. The van der Waals surface area contributed by atoms with Crippen LogP contribution >= 0.6 is 34.5 Å². The highest BCUT2D eigenvalue weighted by Crippen LogP contribution is 2.36. The van der Waals surface area contributed by atoms with Crippen LogP contribution in [0.5, 0.6) is 0 Å². The summed E-state index contributed by atoms with van der Waals surface area (Å²) in [5.74, 6) is -0.268. The van der Waals surface area contributed by atoms with Gasteiger partial charge in [0.05, 0.1) is 16.5 Å². The molecule has 3 nitrogen and oxygen atoms in total. The van der Waals surface area contributed by atoms with E-state index < -0.39 is 6.10 Å². The molecule has 0 aliphatic heterocycles. The maximum Gasteiger partial charge on any atom is 0.0978 e. The Labute approximate surface area is 119 Å². The molecule has 0 fully saturated rings. The summed E-state index contributed by atoms with van der Waals surface area (Å²) in [6.07, 6.45) is 0.933. The summed E-state index contributed by atoms with van der Waals surface area (Å²) in [7, 11) is 0. The first-order chi connectivity index (χ1) is 8.63. The van der Waals surface area contributed by atoms with Gasteiger partial charge >= 0.3 is 0 Å². The number of hydrogen-bond acceptors (Lipinski definition) is 4. The largest absolute Gasteiger partial charge is 0.387 e. The van der Waals surface area contributed by atoms with E-state index in [1.54, 1.807) is 29.9 Å². The van der Waals surface area contributed by atoms with Crippen molar-refractivity contribution < 1.29 is 5.11 Å². The van der Waals surface area contributed by atoms with E-state index in [0.717, 1.165) is 10.4 Å². The molecule has 1 aromatic heterocycles. The normalized spacial score (nSPS) is 14.4. The zero-order chi connectivity index (χ0) is 13.1. The molecule has 0 bridgehead atoms. The fraction of sp³-hybridized carbons (Fsp3) is 0.250. The Bertz CT molecular complexity index is 519. The monoisotopic (exact) mass is 302 g/mol. The molecule has 0 saturated carbocycles. The van der Waals surface area contributed by atoms with Crippen molar-refractivity contribution in [3.63, 3.8) is 0 Å². The molecule has 0 aliphatic rings. The standard InChI is InChI=1S/C12H12Cl2N2OS/c13-7-1-2-8(10(14)3-7)9(4-15)12(17)11-5-16-6-18-11/h1-3,5-6,9,12,17H,4,15H2. The molecule has 6 heteroatoms. The predicted molar refractivity (Wildman–Crippen MR) is 75.3 cm³/mol. The number of aromatic nitrogens is 1. The average Bonchev–Trinajstić information content (AvgIpc) is 2.86. The van der Waals surface area contributed by atoms with Gasteiger partial charge in [0.1, 0.15) is 0 Å². The van der Waals surface area contributed by atoms with Crippen LogP contribution in [-0.4, -0.2) is 16.6 Å². The summed E-state index contributed by atoms with van der Waals surface area (Å²) >= 11 is 13.4. The number of hydrogen-bond donors (Lipinski definition) is 2. The van der Waals surface area contributed by atoms with Crippen LogP contribution in [-0.2, 0) is 0 Å². The average molecular weight is 303 g/mol. The van der Waals surface area contributed by atoms with Gasteiger partial charge in [-0.3, -0.25) is 4.98 Å². The molecule has 3 N–H and O–H groups in total. The zero-order valence-electron chi connectivity index (χ0n) is 9.38. The van der Waals surface area contributed by atoms with Crippen molar-refractivity contribution in [3.05, 3.63) is 50.4 Å². The van der Waals surface area contributed by atoms with Crippen molar-refractivity contribution >= 4 is 34.5 Å². The van der Waals surface area contributed by atoms with Crippen LogP contribution in [0.15, 0.2) is 29.9 Å². The van der Waals surface area contributed by atoms with E-state index in [-0.39, 0.29) is 5.92 Å². The highest BCUT2D eigenvalue weighted by atomic mass is 35.5. The van der Waals surface area contributed by atoms with E-state index >= 15 is 0 Å². The zero-order valence-corrected chi connectivity index (χ0v) is 11.7. The van der Waals surface area contributed by atoms with E-state index in [4.69, 9.17) is 28.9 Å². The molecule has 0 aliphatic carbocycles. The molecule has 0 saturated heterocycles. The quantitative estimate of drug-likeness (QED) is 0.911. The Morgan fingerprint density at radius 2 is 2.17 bits per heavy atom. The third kappa shape index (κ3) is 2.84. The molecule has 96 valence electrons. The fourth-order valence-electron chi connectivity index (χ4n) is 1.80. The Kier molecular flexibility index (Phi) is 4.59. The lowest BCUT2D eigenvalue weighted by molar-refractivity contribution is 0.151. The van der Waals surface area contributed by atoms with Crippen LogP contribution < -0.4 is 5.73 Å². The minimum atomic E-state index is -0.707. The number of rotatable bonds is 4. The molecule has 0 amide bonds. The van der Waals surface area contributed by atoms with Crippen molar-refractivity contribution in [1.29, 1.82) is 0 Å². The van der Waals surface area contributed by atoms with Gasteiger partial charge in [-0.1, -0.05) is 29.3 Å². The molecule has 2 rings (SSSR count). The van der Waals surface area contributed by atoms with Crippen molar-refractivity contribution in [2.75, 3.05) is 6.54 Å². The molecule has 0 radical (unpaired) electrons. The van der Waals surface area contributed by atoms with Crippen LogP contribution in [0.4, 0.5) is 0 Å². The van der Waals surface area contributed by atoms with Gasteiger partial charge in [0.15, 0.2) is 0 Å². The van der Waals surface area contributed by atoms with Gasteiger partial charge in [-0.05, 0) is 17.7 Å². The maximum atomic E-state index is 10.3. The summed E-state index contributed by atoms with van der Waals surface area (Å²) in [5, 5.41) is 11.4. The number of aliphatic hydroxyl groups is 1. The summed E-state index contributed by atoms with van der Waals surface area (Å²) in [5.41, 5.74) is 8.22. The third-order valence-corrected chi connectivity index (χ3v) is 4.15. The van der Waals surface area contributed by atoms with Crippen molar-refractivity contribution in [1.82, 2.24) is 4.98 Å². The van der Waals surface area contributed by atoms with Crippen LogP contribution in [0, 0.1) is 0 Å². The second-order valence-corrected chi connectivity index (χ2v) is 5.62. The number of thiazole rings is 1. The second-order valence-electron chi connectivity index (χ2n) is 3.86. The van der Waals surface area contributed by atoms with Crippen LogP contribution in [0.3, 0.4) is 0 Å². The topological polar surface area (TPSA) is 59.1 Å². The van der Waals surface area contributed by atoms with Crippen LogP contribution in [0.2, 0.25) is 10.0 Å². The predicted octanol–water partition coefficient (Wildman–Crippen LogP) is 3.23. The SMILES string of the molecule is NCC(c1ccc(Cl)cc1Cl)C(O)c1cncs1. The summed E-state index contributed by atoms with van der Waals surface area (Å²) in [6.45, 7) is 0.292. The second kappa shape index (κ2) is 5.99. The number of benzene rings is 1. The first-order valence-corrected chi connectivity index (χ1v) is 6.98. The van der Waals surface area contributed by atoms with E-state index in [0.29, 0.717) is 16.6 Å². The highest BCUT2D eigenvalue weighted by molar-refractivity contribution is 7.09. The Hall–Kier alpha value is -0.650. The number of aliphatic hydroxyl groups excluding tert-OH is 1. The van der Waals surface area contributed by atoms with E-state index in [2.05, 4.69) is 4.98 Å². The molecule has 2 aromatic rings. The van der Waals surface area contributed by atoms with Gasteiger partial charge in [-0.2, -0.15) is 0 Å². The third-order valence-electron chi connectivity index (χ3n) is 2.74. The summed E-state index contributed by atoms with van der Waals surface area (Å²) in [6, 6.07) is 5.19. The van der Waals surface area contributed by atoms with Gasteiger partial charge < -0.3 is 10.8 Å². The van der Waals surface area contributed by atoms with Crippen molar-refractivity contribution in [2.45, 2.75) is 12.0 Å². The van der Waals surface area contributed by atoms with Crippen molar-refractivity contribution in [2.24, 2.45) is 5.73 Å². The molecule has 1 heterocycles. The lowest BCUT2D eigenvalue weighted by atomic mass is 9.93. The van der Waals surface area contributed by atoms with Gasteiger partial charge in [0, 0.05) is 28.7 Å². The first kappa shape index (κ1) is 13.8. The van der Waals surface area contributed by atoms with E-state index in [1.807, 2.05) is 0 Å². The lowest BCUT2D eigenvalue weighted by Crippen LogP contribution is -2.20. The Balaban J connectivity index is 2.33. The van der Waals surface area contributed by atoms with Crippen molar-refractivity contribution in [3.8, 4) is 0 Å². The summed E-state index contributed by atoms with van der Waals surface area (Å²) in [4.78, 5) is 4.73. The highest BCUT2D eigenvalue weighted by Gasteiger charge is 2.24. The minimum absolute atomic E-state index is 0.268. The van der Waals surface area contributed by atoms with E-state index in [1.165, 1.54) is 11.3 Å². The fourth-order valence-corrected chi connectivity index (χ4v) is 3.02. The maximum absolute atomic E-state index is 10.3. The van der Waals surface area contributed by atoms with Gasteiger partial charge in [-0.25, -0.2) is 0 Å². The Morgan fingerprint density at radius 3 is 2.72 bits per heavy atom. The van der Waals surface area contributed by atoms with Gasteiger partial charge in [0.25, 0.3) is 0 Å². The van der Waals surface area contributed by atoms with Crippen LogP contribution in [0.1, 0.15) is 22.5 Å². The molecule has 18 heavy (non-hydrogen) atoms. The number of nitrogens with two attached hydrogens (primary N) is 1. The smallest absolute Gasteiger partial charge is 0.0978 e. The van der Waals surface area contributed by atoms with Gasteiger partial charge in [-0.15, -0.1) is 11.3 Å². The van der Waals surface area contributed by atoms with Crippen LogP contribution in [0.25, 0.3) is 0 Å².